The Kier molecular flexibility index (Phi) is 4.96. The fourth-order valence-corrected chi connectivity index (χ4v) is 3.72. The average Bonchev–Trinajstić information content (AvgIpc) is 2.85. The normalized spacial score (nSPS) is 15.9. The monoisotopic (exact) mass is 370 g/mol. The number of thioether (sulfide) groups is 1. The summed E-state index contributed by atoms with van der Waals surface area (Å²) in [6, 6.07) is 14.5. The van der Waals surface area contributed by atoms with Gasteiger partial charge in [0.05, 0.1) is 16.4 Å². The smallest absolute Gasteiger partial charge is 0.272 e. The lowest BCUT2D eigenvalue weighted by Gasteiger charge is -2.14. The number of amides is 1. The van der Waals surface area contributed by atoms with Crippen molar-refractivity contribution in [1.29, 1.82) is 0 Å². The third-order valence-electron chi connectivity index (χ3n) is 3.78. The molecular formula is C18H14N2O3S2. The Morgan fingerprint density at radius 2 is 1.96 bits per heavy atom. The highest BCUT2D eigenvalue weighted by molar-refractivity contribution is 8.26. The molecule has 5 nitrogen and oxygen atoms in total. The number of hydrogen-bond donors (Lipinski definition) is 0. The lowest BCUT2D eigenvalue weighted by atomic mass is 10.1. The molecule has 1 heterocycles. The minimum absolute atomic E-state index is 0.0357. The number of rotatable bonds is 4. The van der Waals surface area contributed by atoms with E-state index in [4.69, 9.17) is 12.2 Å². The largest absolute Gasteiger partial charge is 0.288 e. The summed E-state index contributed by atoms with van der Waals surface area (Å²) in [4.78, 5) is 25.3. The second kappa shape index (κ2) is 7.16. The molecule has 1 aliphatic rings. The number of thiocarbonyl (C=S) groups is 1. The molecule has 3 rings (SSSR count). The van der Waals surface area contributed by atoms with Crippen LogP contribution >= 0.6 is 24.0 Å². The first kappa shape index (κ1) is 17.3. The van der Waals surface area contributed by atoms with Crippen LogP contribution in [-0.4, -0.2) is 20.1 Å². The van der Waals surface area contributed by atoms with E-state index in [0.29, 0.717) is 26.9 Å². The minimum Gasteiger partial charge on any atom is -0.288 e. The van der Waals surface area contributed by atoms with Crippen molar-refractivity contribution in [3.8, 4) is 0 Å². The Labute approximate surface area is 154 Å². The number of carbonyl (C=O) groups is 1. The quantitative estimate of drug-likeness (QED) is 0.347. The van der Waals surface area contributed by atoms with Crippen LogP contribution in [0.4, 0.5) is 5.69 Å². The molecule has 0 saturated carbocycles. The molecule has 0 unspecified atom stereocenters. The standard InChI is InChI=1S/C18H14N2O3S2/c1-12-7-8-14(9-15(12)20(22)23)10-16-17(21)19(18(24)25-16)11-13-5-3-2-4-6-13/h2-10H,11H2,1H3/b16-10+. The van der Waals surface area contributed by atoms with Crippen molar-refractivity contribution < 1.29 is 9.72 Å². The minimum atomic E-state index is -0.423. The maximum Gasteiger partial charge on any atom is 0.272 e. The van der Waals surface area contributed by atoms with Gasteiger partial charge in [0.15, 0.2) is 0 Å². The first-order valence-electron chi connectivity index (χ1n) is 7.50. The number of nitrogens with zero attached hydrogens (tertiary/aromatic N) is 2. The molecule has 2 aromatic rings. The molecule has 0 spiro atoms. The lowest BCUT2D eigenvalue weighted by molar-refractivity contribution is -0.385. The van der Waals surface area contributed by atoms with Crippen LogP contribution in [0.1, 0.15) is 16.7 Å². The van der Waals surface area contributed by atoms with E-state index in [1.165, 1.54) is 17.8 Å². The molecule has 0 atom stereocenters. The van der Waals surface area contributed by atoms with Crippen LogP contribution in [0.25, 0.3) is 6.08 Å². The van der Waals surface area contributed by atoms with Crippen LogP contribution in [0.3, 0.4) is 0 Å². The van der Waals surface area contributed by atoms with E-state index in [1.807, 2.05) is 30.3 Å². The van der Waals surface area contributed by atoms with Crippen LogP contribution in [-0.2, 0) is 11.3 Å². The fraction of sp³-hybridized carbons (Fsp3) is 0.111. The maximum atomic E-state index is 12.6. The molecule has 0 aromatic heterocycles. The van der Waals surface area contributed by atoms with E-state index in [0.717, 1.165) is 5.56 Å². The highest BCUT2D eigenvalue weighted by atomic mass is 32.2. The molecule has 1 saturated heterocycles. The predicted molar refractivity (Wildman–Crippen MR) is 103 cm³/mol. The molecule has 7 heteroatoms. The molecule has 1 aliphatic heterocycles. The van der Waals surface area contributed by atoms with Crippen molar-refractivity contribution in [2.45, 2.75) is 13.5 Å². The molecule has 0 N–H and O–H groups in total. The summed E-state index contributed by atoms with van der Waals surface area (Å²) < 4.78 is 0.488. The van der Waals surface area contributed by atoms with Gasteiger partial charge in [-0.05, 0) is 24.1 Å². The van der Waals surface area contributed by atoms with Gasteiger partial charge in [-0.15, -0.1) is 0 Å². The highest BCUT2D eigenvalue weighted by Gasteiger charge is 2.32. The van der Waals surface area contributed by atoms with E-state index in [-0.39, 0.29) is 11.6 Å². The van der Waals surface area contributed by atoms with Crippen molar-refractivity contribution in [2.75, 3.05) is 0 Å². The molecule has 0 bridgehead atoms. The van der Waals surface area contributed by atoms with Gasteiger partial charge in [-0.3, -0.25) is 19.8 Å². The van der Waals surface area contributed by atoms with Gasteiger partial charge in [0.25, 0.3) is 11.6 Å². The van der Waals surface area contributed by atoms with E-state index in [1.54, 1.807) is 30.0 Å². The van der Waals surface area contributed by atoms with Crippen LogP contribution in [0.15, 0.2) is 53.4 Å². The van der Waals surface area contributed by atoms with Crippen LogP contribution in [0.5, 0.6) is 0 Å². The summed E-state index contributed by atoms with van der Waals surface area (Å²) in [5.74, 6) is -0.179. The zero-order valence-corrected chi connectivity index (χ0v) is 15.0. The number of benzene rings is 2. The molecule has 2 aromatic carbocycles. The Bertz CT molecular complexity index is 894. The van der Waals surface area contributed by atoms with E-state index >= 15 is 0 Å². The van der Waals surface area contributed by atoms with Gasteiger partial charge in [-0.2, -0.15) is 0 Å². The highest BCUT2D eigenvalue weighted by Crippen LogP contribution is 2.34. The molecule has 0 aliphatic carbocycles. The second-order valence-electron chi connectivity index (χ2n) is 5.56. The van der Waals surface area contributed by atoms with Crippen molar-refractivity contribution in [2.24, 2.45) is 0 Å². The van der Waals surface area contributed by atoms with Crippen LogP contribution in [0.2, 0.25) is 0 Å². The van der Waals surface area contributed by atoms with E-state index < -0.39 is 4.92 Å². The summed E-state index contributed by atoms with van der Waals surface area (Å²) >= 11 is 6.53. The molecular weight excluding hydrogens is 356 g/mol. The molecule has 25 heavy (non-hydrogen) atoms. The molecule has 126 valence electrons. The van der Waals surface area contributed by atoms with Crippen molar-refractivity contribution in [3.05, 3.63) is 80.2 Å². The summed E-state index contributed by atoms with van der Waals surface area (Å²) in [6.07, 6.45) is 1.65. The van der Waals surface area contributed by atoms with E-state index in [2.05, 4.69) is 0 Å². The number of hydrogen-bond acceptors (Lipinski definition) is 5. The van der Waals surface area contributed by atoms with Crippen molar-refractivity contribution >= 4 is 46.0 Å². The Hall–Kier alpha value is -2.51. The third-order valence-corrected chi connectivity index (χ3v) is 5.16. The Balaban J connectivity index is 1.85. The van der Waals surface area contributed by atoms with Gasteiger partial charge in [-0.25, -0.2) is 0 Å². The summed E-state index contributed by atoms with van der Waals surface area (Å²) in [7, 11) is 0. The predicted octanol–water partition coefficient (Wildman–Crippen LogP) is 4.30. The van der Waals surface area contributed by atoms with Gasteiger partial charge < -0.3 is 0 Å². The van der Waals surface area contributed by atoms with Crippen LogP contribution < -0.4 is 0 Å². The van der Waals surface area contributed by atoms with E-state index in [9.17, 15) is 14.9 Å². The average molecular weight is 370 g/mol. The first-order valence-corrected chi connectivity index (χ1v) is 8.72. The Morgan fingerprint density at radius 3 is 2.64 bits per heavy atom. The molecule has 1 fully saturated rings. The summed E-state index contributed by atoms with van der Waals surface area (Å²) in [5.41, 5.74) is 2.22. The van der Waals surface area contributed by atoms with Gasteiger partial charge >= 0.3 is 0 Å². The maximum absolute atomic E-state index is 12.6. The summed E-state index contributed by atoms with van der Waals surface area (Å²) in [6.45, 7) is 2.10. The number of nitro groups is 1. The van der Waals surface area contributed by atoms with Crippen molar-refractivity contribution in [3.63, 3.8) is 0 Å². The summed E-state index contributed by atoms with van der Waals surface area (Å²) in [5, 5.41) is 11.1. The topological polar surface area (TPSA) is 63.5 Å². The van der Waals surface area contributed by atoms with Crippen molar-refractivity contribution in [1.82, 2.24) is 4.90 Å². The molecule has 0 radical (unpaired) electrons. The fourth-order valence-electron chi connectivity index (χ4n) is 2.47. The van der Waals surface area contributed by atoms with Gasteiger partial charge in [-0.1, -0.05) is 66.4 Å². The lowest BCUT2D eigenvalue weighted by Crippen LogP contribution is -2.27. The van der Waals surface area contributed by atoms with Gasteiger partial charge in [0.1, 0.15) is 4.32 Å². The zero-order valence-electron chi connectivity index (χ0n) is 13.3. The SMILES string of the molecule is Cc1ccc(/C=C2/SC(=S)N(Cc3ccccc3)C2=O)cc1[N+](=O)[O-]. The number of nitro benzene ring substituents is 1. The third kappa shape index (κ3) is 3.78. The first-order chi connectivity index (χ1) is 12.0. The number of carbonyl (C=O) groups excluding carboxylic acids is 1. The second-order valence-corrected chi connectivity index (χ2v) is 7.23. The Morgan fingerprint density at radius 1 is 1.24 bits per heavy atom. The zero-order chi connectivity index (χ0) is 18.0. The number of aryl methyl sites for hydroxylation is 1. The van der Waals surface area contributed by atoms with Gasteiger partial charge in [0, 0.05) is 11.6 Å². The molecule has 1 amide bonds. The van der Waals surface area contributed by atoms with Crippen LogP contribution in [0, 0.1) is 17.0 Å². The van der Waals surface area contributed by atoms with Gasteiger partial charge in [0.2, 0.25) is 0 Å².